The van der Waals surface area contributed by atoms with Gasteiger partial charge in [-0.1, -0.05) is 31.9 Å². The first kappa shape index (κ1) is 14.4. The van der Waals surface area contributed by atoms with Gasteiger partial charge >= 0.3 is 0 Å². The monoisotopic (exact) mass is 452 g/mol. The largest absolute Gasteiger partial charge is 0.283 e. The number of nitrogens with zero attached hydrogens (tertiary/aromatic N) is 2. The predicted octanol–water partition coefficient (Wildman–Crippen LogP) is 5.66. The van der Waals surface area contributed by atoms with Gasteiger partial charge in [-0.3, -0.25) is 4.79 Å². The molecule has 4 aromatic rings. The molecule has 0 amide bonds. The Labute approximate surface area is 150 Å². The fourth-order valence-electron chi connectivity index (χ4n) is 2.09. The number of carbonyl (C=O) groups is 1. The summed E-state index contributed by atoms with van der Waals surface area (Å²) in [6, 6.07) is 11.6. The zero-order valence-electron chi connectivity index (χ0n) is 10.8. The Morgan fingerprint density at radius 2 is 1.27 bits per heavy atom. The smallest absolute Gasteiger partial charge is 0.250 e. The van der Waals surface area contributed by atoms with Crippen LogP contribution in [-0.4, -0.2) is 15.8 Å². The lowest BCUT2D eigenvalue weighted by Gasteiger charge is -1.88. The van der Waals surface area contributed by atoms with Crippen molar-refractivity contribution in [1.82, 2.24) is 9.97 Å². The van der Waals surface area contributed by atoms with Crippen molar-refractivity contribution in [2.75, 3.05) is 0 Å². The van der Waals surface area contributed by atoms with Crippen LogP contribution in [-0.2, 0) is 0 Å². The Morgan fingerprint density at radius 3 is 1.73 bits per heavy atom. The molecule has 108 valence electrons. The van der Waals surface area contributed by atoms with Gasteiger partial charge in [-0.05, 0) is 36.4 Å². The van der Waals surface area contributed by atoms with Crippen molar-refractivity contribution < 1.29 is 4.79 Å². The molecule has 22 heavy (non-hydrogen) atoms. The molecule has 0 spiro atoms. The van der Waals surface area contributed by atoms with Gasteiger partial charge in [0, 0.05) is 8.95 Å². The van der Waals surface area contributed by atoms with Gasteiger partial charge in [-0.2, -0.15) is 0 Å². The third kappa shape index (κ3) is 2.52. The number of benzene rings is 2. The minimum Gasteiger partial charge on any atom is -0.283 e. The highest BCUT2D eigenvalue weighted by Crippen LogP contribution is 2.30. The molecule has 0 aliphatic rings. The van der Waals surface area contributed by atoms with Crippen molar-refractivity contribution in [3.63, 3.8) is 0 Å². The van der Waals surface area contributed by atoms with Crippen LogP contribution in [0.25, 0.3) is 20.4 Å². The van der Waals surface area contributed by atoms with Gasteiger partial charge in [0.2, 0.25) is 5.78 Å². The Kier molecular flexibility index (Phi) is 3.60. The molecule has 0 aliphatic carbocycles. The molecule has 0 saturated heterocycles. The molecule has 0 bridgehead atoms. The molecule has 0 unspecified atom stereocenters. The molecular formula is C15H6Br2N2OS2. The molecule has 0 radical (unpaired) electrons. The van der Waals surface area contributed by atoms with Crippen LogP contribution in [0.3, 0.4) is 0 Å². The third-order valence-electron chi connectivity index (χ3n) is 3.09. The molecule has 7 heteroatoms. The normalized spacial score (nSPS) is 11.4. The van der Waals surface area contributed by atoms with E-state index in [-0.39, 0.29) is 5.78 Å². The van der Waals surface area contributed by atoms with E-state index in [4.69, 9.17) is 0 Å². The van der Waals surface area contributed by atoms with Gasteiger partial charge in [0.15, 0.2) is 10.0 Å². The number of aromatic nitrogens is 2. The Morgan fingerprint density at radius 1 is 0.818 bits per heavy atom. The van der Waals surface area contributed by atoms with Crippen molar-refractivity contribution in [3.8, 4) is 0 Å². The summed E-state index contributed by atoms with van der Waals surface area (Å²) < 4.78 is 3.90. The highest BCUT2D eigenvalue weighted by Gasteiger charge is 2.19. The highest BCUT2D eigenvalue weighted by molar-refractivity contribution is 9.10. The van der Waals surface area contributed by atoms with E-state index in [1.807, 2.05) is 36.4 Å². The van der Waals surface area contributed by atoms with Crippen LogP contribution in [0, 0.1) is 0 Å². The molecule has 2 heterocycles. The van der Waals surface area contributed by atoms with Crippen LogP contribution in [0.2, 0.25) is 0 Å². The fraction of sp³-hybridized carbons (Fsp3) is 0. The maximum atomic E-state index is 12.6. The molecule has 4 rings (SSSR count). The first-order valence-corrected chi connectivity index (χ1v) is 9.49. The molecule has 0 atom stereocenters. The number of hydrogen-bond donors (Lipinski definition) is 0. The molecule has 0 N–H and O–H groups in total. The van der Waals surface area contributed by atoms with Gasteiger partial charge < -0.3 is 0 Å². The van der Waals surface area contributed by atoms with E-state index in [0.29, 0.717) is 10.0 Å². The summed E-state index contributed by atoms with van der Waals surface area (Å²) in [4.78, 5) is 21.5. The zero-order valence-corrected chi connectivity index (χ0v) is 15.6. The number of thiazole rings is 2. The van der Waals surface area contributed by atoms with E-state index in [1.54, 1.807) is 0 Å². The number of halogens is 2. The molecular weight excluding hydrogens is 448 g/mol. The van der Waals surface area contributed by atoms with Crippen LogP contribution in [0.1, 0.15) is 14.8 Å². The average Bonchev–Trinajstić information content (AvgIpc) is 3.08. The van der Waals surface area contributed by atoms with Crippen LogP contribution in [0.4, 0.5) is 0 Å². The molecule has 0 aliphatic heterocycles. The molecule has 0 saturated carbocycles. The number of hydrogen-bond acceptors (Lipinski definition) is 5. The van der Waals surface area contributed by atoms with Gasteiger partial charge in [0.05, 0.1) is 20.4 Å². The van der Waals surface area contributed by atoms with E-state index in [9.17, 15) is 4.79 Å². The summed E-state index contributed by atoms with van der Waals surface area (Å²) in [5.74, 6) is -0.116. The lowest BCUT2D eigenvalue weighted by molar-refractivity contribution is 0.103. The molecule has 0 fully saturated rings. The number of carbonyl (C=O) groups excluding carboxylic acids is 1. The second-order valence-electron chi connectivity index (χ2n) is 4.59. The van der Waals surface area contributed by atoms with Crippen molar-refractivity contribution in [2.45, 2.75) is 0 Å². The summed E-state index contributed by atoms with van der Waals surface area (Å²) in [5, 5.41) is 0.956. The van der Waals surface area contributed by atoms with Crippen molar-refractivity contribution >= 4 is 80.7 Å². The van der Waals surface area contributed by atoms with Gasteiger partial charge in [-0.25, -0.2) is 9.97 Å². The number of rotatable bonds is 2. The highest BCUT2D eigenvalue weighted by atomic mass is 79.9. The predicted molar refractivity (Wildman–Crippen MR) is 98.1 cm³/mol. The van der Waals surface area contributed by atoms with E-state index < -0.39 is 0 Å². The Bertz CT molecular complexity index is 957. The van der Waals surface area contributed by atoms with Gasteiger partial charge in [0.25, 0.3) is 0 Å². The topological polar surface area (TPSA) is 42.9 Å². The van der Waals surface area contributed by atoms with Crippen LogP contribution in [0.15, 0.2) is 45.3 Å². The fourth-order valence-corrected chi connectivity index (χ4v) is 4.62. The minimum absolute atomic E-state index is 0.116. The Balaban J connectivity index is 1.80. The second kappa shape index (κ2) is 5.49. The maximum Gasteiger partial charge on any atom is 0.250 e. The van der Waals surface area contributed by atoms with Crippen molar-refractivity contribution in [1.29, 1.82) is 0 Å². The molecule has 2 aromatic heterocycles. The third-order valence-corrected chi connectivity index (χ3v) is 6.14. The van der Waals surface area contributed by atoms with Gasteiger partial charge in [-0.15, -0.1) is 22.7 Å². The molecule has 3 nitrogen and oxygen atoms in total. The van der Waals surface area contributed by atoms with Crippen LogP contribution in [0.5, 0.6) is 0 Å². The zero-order chi connectivity index (χ0) is 15.3. The maximum absolute atomic E-state index is 12.6. The second-order valence-corrected chi connectivity index (χ2v) is 8.48. The standard InChI is InChI=1S/C15H6Br2N2OS2/c16-7-1-3-11-9(5-7)18-14(21-11)13(20)15-19-10-6-8(17)2-4-12(10)22-15/h1-6H. The average molecular weight is 454 g/mol. The van der Waals surface area contributed by atoms with Crippen molar-refractivity contribution in [2.24, 2.45) is 0 Å². The summed E-state index contributed by atoms with van der Waals surface area (Å²) in [6.45, 7) is 0. The van der Waals surface area contributed by atoms with E-state index in [0.717, 1.165) is 29.4 Å². The van der Waals surface area contributed by atoms with Crippen LogP contribution < -0.4 is 0 Å². The summed E-state index contributed by atoms with van der Waals surface area (Å²) in [5.41, 5.74) is 1.65. The van der Waals surface area contributed by atoms with E-state index >= 15 is 0 Å². The number of ketones is 1. The summed E-state index contributed by atoms with van der Waals surface area (Å²) >= 11 is 9.63. The summed E-state index contributed by atoms with van der Waals surface area (Å²) in [7, 11) is 0. The van der Waals surface area contributed by atoms with Gasteiger partial charge in [0.1, 0.15) is 0 Å². The number of fused-ring (bicyclic) bond motifs is 2. The first-order chi connectivity index (χ1) is 10.6. The first-order valence-electron chi connectivity index (χ1n) is 6.27. The SMILES string of the molecule is O=C(c1nc2cc(Br)ccc2s1)c1nc2cc(Br)ccc2s1. The Hall–Kier alpha value is -1.15. The van der Waals surface area contributed by atoms with E-state index in [2.05, 4.69) is 41.8 Å². The summed E-state index contributed by atoms with van der Waals surface area (Å²) in [6.07, 6.45) is 0. The minimum atomic E-state index is -0.116. The van der Waals surface area contributed by atoms with E-state index in [1.165, 1.54) is 22.7 Å². The van der Waals surface area contributed by atoms with Crippen LogP contribution >= 0.6 is 54.5 Å². The molecule has 2 aromatic carbocycles. The van der Waals surface area contributed by atoms with Crippen molar-refractivity contribution in [3.05, 3.63) is 55.4 Å². The lowest BCUT2D eigenvalue weighted by atomic mass is 10.3. The lowest BCUT2D eigenvalue weighted by Crippen LogP contribution is -1.99. The quantitative estimate of drug-likeness (QED) is 0.367.